The fourth-order valence-electron chi connectivity index (χ4n) is 3.41. The van der Waals surface area contributed by atoms with Crippen molar-refractivity contribution in [2.45, 2.75) is 25.6 Å². The highest BCUT2D eigenvalue weighted by Gasteiger charge is 2.22. The van der Waals surface area contributed by atoms with E-state index in [-0.39, 0.29) is 24.3 Å². The number of rotatable bonds is 7. The number of hydrogen-bond donors (Lipinski definition) is 0. The number of fused-ring (bicyclic) bond motifs is 1. The molecule has 4 rings (SSSR count). The summed E-state index contributed by atoms with van der Waals surface area (Å²) in [7, 11) is 3.39. The first-order chi connectivity index (χ1) is 14.1. The van der Waals surface area contributed by atoms with Crippen LogP contribution in [0.4, 0.5) is 0 Å². The molecule has 2 aromatic carbocycles. The van der Waals surface area contributed by atoms with Gasteiger partial charge in [0.15, 0.2) is 12.3 Å². The van der Waals surface area contributed by atoms with Crippen molar-refractivity contribution >= 4 is 16.7 Å². The Bertz CT molecular complexity index is 994. The molecule has 1 atom stereocenters. The topological polar surface area (TPSA) is 74.0 Å². The van der Waals surface area contributed by atoms with Crippen molar-refractivity contribution in [3.8, 4) is 11.5 Å². The zero-order chi connectivity index (χ0) is 20.2. The molecule has 1 amide bonds. The molecule has 152 valence electrons. The van der Waals surface area contributed by atoms with E-state index in [9.17, 15) is 4.79 Å². The fourth-order valence-corrected chi connectivity index (χ4v) is 3.41. The van der Waals surface area contributed by atoms with Crippen molar-refractivity contribution in [2.75, 3.05) is 27.3 Å². The Hall–Kier alpha value is -3.06. The van der Waals surface area contributed by atoms with Crippen LogP contribution in [0.3, 0.4) is 0 Å². The molecule has 2 heterocycles. The van der Waals surface area contributed by atoms with Crippen LogP contribution < -0.4 is 9.47 Å². The Kier molecular flexibility index (Phi) is 5.67. The van der Waals surface area contributed by atoms with Crippen molar-refractivity contribution in [1.29, 1.82) is 0 Å². The lowest BCUT2D eigenvalue weighted by Crippen LogP contribution is -2.34. The fraction of sp³-hybridized carbons (Fsp3) is 0.364. The van der Waals surface area contributed by atoms with E-state index in [1.165, 1.54) is 6.26 Å². The van der Waals surface area contributed by atoms with Crippen LogP contribution in [0.1, 0.15) is 29.2 Å². The van der Waals surface area contributed by atoms with Crippen LogP contribution >= 0.6 is 0 Å². The van der Waals surface area contributed by atoms with Crippen molar-refractivity contribution in [2.24, 2.45) is 0 Å². The third-order valence-corrected chi connectivity index (χ3v) is 5.00. The first-order valence-electron chi connectivity index (χ1n) is 9.64. The van der Waals surface area contributed by atoms with E-state index < -0.39 is 0 Å². The number of carbonyl (C=O) groups is 1. The van der Waals surface area contributed by atoms with Gasteiger partial charge < -0.3 is 23.5 Å². The highest BCUT2D eigenvalue weighted by molar-refractivity contribution is 5.91. The second-order valence-electron chi connectivity index (χ2n) is 7.11. The summed E-state index contributed by atoms with van der Waals surface area (Å²) in [5, 5.41) is 2.11. The summed E-state index contributed by atoms with van der Waals surface area (Å²) in [5.74, 6) is 1.64. The maximum atomic E-state index is 12.5. The first-order valence-corrected chi connectivity index (χ1v) is 9.64. The molecule has 0 aliphatic carbocycles. The minimum absolute atomic E-state index is 0.102. The molecule has 0 N–H and O–H groups in total. The Balaban J connectivity index is 1.37. The zero-order valence-corrected chi connectivity index (χ0v) is 16.6. The SMILES string of the molecule is COc1ccc2ccc(OCc3nc(C(=O)N(C)CC4CCCO4)co3)cc2c1. The number of oxazole rings is 1. The lowest BCUT2D eigenvalue weighted by molar-refractivity contribution is 0.0582. The summed E-state index contributed by atoms with van der Waals surface area (Å²) in [6.07, 6.45) is 3.50. The van der Waals surface area contributed by atoms with E-state index >= 15 is 0 Å². The molecule has 1 aromatic heterocycles. The second-order valence-corrected chi connectivity index (χ2v) is 7.11. The number of benzene rings is 2. The Morgan fingerprint density at radius 2 is 2.00 bits per heavy atom. The van der Waals surface area contributed by atoms with Gasteiger partial charge in [-0.25, -0.2) is 4.98 Å². The molecule has 1 aliphatic rings. The average molecular weight is 396 g/mol. The summed E-state index contributed by atoms with van der Waals surface area (Å²) in [6, 6.07) is 11.7. The van der Waals surface area contributed by atoms with Crippen LogP contribution in [0.5, 0.6) is 11.5 Å². The van der Waals surface area contributed by atoms with Gasteiger partial charge in [-0.05, 0) is 47.9 Å². The number of carbonyl (C=O) groups excluding carboxylic acids is 1. The molecule has 0 saturated carbocycles. The standard InChI is InChI=1S/C22H24N2O5/c1-24(12-19-4-3-9-27-19)22(25)20-13-29-21(23-20)14-28-18-8-6-15-5-7-17(26-2)10-16(15)11-18/h5-8,10-11,13,19H,3-4,9,12,14H2,1-2H3. The molecule has 29 heavy (non-hydrogen) atoms. The highest BCUT2D eigenvalue weighted by atomic mass is 16.5. The van der Waals surface area contributed by atoms with Gasteiger partial charge in [-0.3, -0.25) is 4.79 Å². The molecule has 1 aliphatic heterocycles. The summed E-state index contributed by atoms with van der Waals surface area (Å²) in [4.78, 5) is 18.4. The molecule has 3 aromatic rings. The third-order valence-electron chi connectivity index (χ3n) is 5.00. The van der Waals surface area contributed by atoms with Crippen LogP contribution in [0.25, 0.3) is 10.8 Å². The zero-order valence-electron chi connectivity index (χ0n) is 16.6. The Morgan fingerprint density at radius 3 is 2.76 bits per heavy atom. The molecular weight excluding hydrogens is 372 g/mol. The largest absolute Gasteiger partial charge is 0.497 e. The number of ether oxygens (including phenoxy) is 3. The molecule has 1 saturated heterocycles. The van der Waals surface area contributed by atoms with Gasteiger partial charge in [0.05, 0.1) is 13.2 Å². The van der Waals surface area contributed by atoms with Gasteiger partial charge in [0.25, 0.3) is 5.91 Å². The van der Waals surface area contributed by atoms with Crippen molar-refractivity contribution in [3.63, 3.8) is 0 Å². The lowest BCUT2D eigenvalue weighted by Gasteiger charge is -2.19. The molecular formula is C22H24N2O5. The minimum Gasteiger partial charge on any atom is -0.497 e. The number of amides is 1. The van der Waals surface area contributed by atoms with Gasteiger partial charge >= 0.3 is 0 Å². The summed E-state index contributed by atoms with van der Waals surface area (Å²) < 4.78 is 22.1. The Morgan fingerprint density at radius 1 is 1.21 bits per heavy atom. The molecule has 1 fully saturated rings. The summed E-state index contributed by atoms with van der Waals surface area (Å²) in [5.41, 5.74) is 0.271. The lowest BCUT2D eigenvalue weighted by atomic mass is 10.1. The van der Waals surface area contributed by atoms with Crippen molar-refractivity contribution in [1.82, 2.24) is 9.88 Å². The summed E-state index contributed by atoms with van der Waals surface area (Å²) in [6.45, 7) is 1.45. The molecule has 1 unspecified atom stereocenters. The number of nitrogens with zero attached hydrogens (tertiary/aromatic N) is 2. The van der Waals surface area contributed by atoms with E-state index in [1.54, 1.807) is 19.1 Å². The predicted octanol–water partition coefficient (Wildman–Crippen LogP) is 3.67. The van der Waals surface area contributed by atoms with Crippen molar-refractivity contribution < 1.29 is 23.4 Å². The van der Waals surface area contributed by atoms with Crippen LogP contribution in [0.15, 0.2) is 47.1 Å². The normalized spacial score (nSPS) is 16.1. The average Bonchev–Trinajstić information content (AvgIpc) is 3.43. The summed E-state index contributed by atoms with van der Waals surface area (Å²) >= 11 is 0. The van der Waals surface area contributed by atoms with E-state index in [0.29, 0.717) is 18.2 Å². The van der Waals surface area contributed by atoms with E-state index in [0.717, 1.165) is 36.0 Å². The van der Waals surface area contributed by atoms with E-state index in [1.807, 2.05) is 36.4 Å². The second kappa shape index (κ2) is 8.53. The van der Waals surface area contributed by atoms with Gasteiger partial charge in [-0.15, -0.1) is 0 Å². The van der Waals surface area contributed by atoms with E-state index in [2.05, 4.69) is 4.98 Å². The molecule has 0 radical (unpaired) electrons. The smallest absolute Gasteiger partial charge is 0.275 e. The molecule has 0 bridgehead atoms. The van der Waals surface area contributed by atoms with Crippen LogP contribution in [-0.4, -0.2) is 49.2 Å². The van der Waals surface area contributed by atoms with Crippen LogP contribution in [0, 0.1) is 0 Å². The third kappa shape index (κ3) is 4.51. The maximum absolute atomic E-state index is 12.5. The van der Waals surface area contributed by atoms with Crippen LogP contribution in [-0.2, 0) is 11.3 Å². The number of hydrogen-bond acceptors (Lipinski definition) is 6. The highest BCUT2D eigenvalue weighted by Crippen LogP contribution is 2.25. The van der Waals surface area contributed by atoms with Gasteiger partial charge in [-0.2, -0.15) is 0 Å². The molecule has 7 nitrogen and oxygen atoms in total. The van der Waals surface area contributed by atoms with E-state index in [4.69, 9.17) is 18.6 Å². The van der Waals surface area contributed by atoms with Crippen LogP contribution in [0.2, 0.25) is 0 Å². The first kappa shape index (κ1) is 19.3. The molecule has 0 spiro atoms. The van der Waals surface area contributed by atoms with Gasteiger partial charge in [0, 0.05) is 20.2 Å². The Labute approximate surface area is 169 Å². The van der Waals surface area contributed by atoms with Gasteiger partial charge in [0.1, 0.15) is 17.8 Å². The van der Waals surface area contributed by atoms with Gasteiger partial charge in [0.2, 0.25) is 5.89 Å². The minimum atomic E-state index is -0.187. The number of aromatic nitrogens is 1. The number of likely N-dealkylation sites (N-methyl/N-ethyl adjacent to an activating group) is 1. The maximum Gasteiger partial charge on any atom is 0.275 e. The number of methoxy groups -OCH3 is 1. The predicted molar refractivity (Wildman–Crippen MR) is 107 cm³/mol. The molecule has 7 heteroatoms. The van der Waals surface area contributed by atoms with Gasteiger partial charge in [-0.1, -0.05) is 12.1 Å². The van der Waals surface area contributed by atoms with Crippen molar-refractivity contribution in [3.05, 3.63) is 54.2 Å². The monoisotopic (exact) mass is 396 g/mol. The quantitative estimate of drug-likeness (QED) is 0.607.